The molecule has 3 N–H and O–H groups in total. The van der Waals surface area contributed by atoms with Gasteiger partial charge in [-0.15, -0.1) is 10.2 Å². The van der Waals surface area contributed by atoms with Crippen LogP contribution in [-0.4, -0.2) is 26.5 Å². The van der Waals surface area contributed by atoms with Crippen LogP contribution in [0.15, 0.2) is 47.6 Å². The topological polar surface area (TPSA) is 85.8 Å². The maximum atomic E-state index is 13.4. The Morgan fingerprint density at radius 2 is 2.00 bits per heavy atom. The van der Waals surface area contributed by atoms with Gasteiger partial charge in [-0.25, -0.2) is 9.07 Å². The number of nitrogen functional groups attached to an aromatic ring is 1. The summed E-state index contributed by atoms with van der Waals surface area (Å²) in [6.45, 7) is 6.05. The lowest BCUT2D eigenvalue weighted by Crippen LogP contribution is -2.28. The highest BCUT2D eigenvalue weighted by molar-refractivity contribution is 7.99. The second-order valence-corrected chi connectivity index (χ2v) is 7.55. The number of rotatable bonds is 6. The zero-order valence-corrected chi connectivity index (χ0v) is 16.8. The van der Waals surface area contributed by atoms with E-state index >= 15 is 0 Å². The number of amides is 1. The molecule has 0 spiro atoms. The number of thioether (sulfide) groups is 1. The van der Waals surface area contributed by atoms with Gasteiger partial charge in [-0.05, 0) is 49.6 Å². The summed E-state index contributed by atoms with van der Waals surface area (Å²) in [5.74, 6) is 5.98. The van der Waals surface area contributed by atoms with Crippen molar-refractivity contribution in [2.24, 2.45) is 0 Å². The second kappa shape index (κ2) is 8.43. The molecule has 3 aromatic rings. The molecule has 1 aromatic heterocycles. The van der Waals surface area contributed by atoms with Gasteiger partial charge in [0.1, 0.15) is 5.82 Å². The van der Waals surface area contributed by atoms with Crippen LogP contribution in [0, 0.1) is 19.7 Å². The Labute approximate surface area is 167 Å². The molecular formula is C20H22FN5OS. The van der Waals surface area contributed by atoms with E-state index in [9.17, 15) is 9.18 Å². The van der Waals surface area contributed by atoms with Crippen LogP contribution >= 0.6 is 11.8 Å². The van der Waals surface area contributed by atoms with Gasteiger partial charge in [-0.3, -0.25) is 4.79 Å². The zero-order chi connectivity index (χ0) is 20.3. The van der Waals surface area contributed by atoms with E-state index in [0.717, 1.165) is 5.56 Å². The first-order valence-corrected chi connectivity index (χ1v) is 9.79. The minimum atomic E-state index is -0.380. The fraction of sp³-hybridized carbons (Fsp3) is 0.250. The van der Waals surface area contributed by atoms with Gasteiger partial charge in [0.05, 0.1) is 11.8 Å². The first-order chi connectivity index (χ1) is 13.3. The number of carbonyl (C=O) groups excluding carboxylic acids is 1. The van der Waals surface area contributed by atoms with Crippen molar-refractivity contribution < 1.29 is 9.18 Å². The van der Waals surface area contributed by atoms with Gasteiger partial charge in [-0.1, -0.05) is 42.1 Å². The molecule has 1 atom stereocenters. The van der Waals surface area contributed by atoms with E-state index in [4.69, 9.17) is 5.84 Å². The molecule has 0 bridgehead atoms. The quantitative estimate of drug-likeness (QED) is 0.490. The summed E-state index contributed by atoms with van der Waals surface area (Å²) in [5.41, 5.74) is 3.98. The number of nitrogens with one attached hydrogen (secondary N) is 1. The summed E-state index contributed by atoms with van der Waals surface area (Å²) in [6.07, 6.45) is 0. The summed E-state index contributed by atoms with van der Waals surface area (Å²) in [4.78, 5) is 12.3. The van der Waals surface area contributed by atoms with Gasteiger partial charge in [0.2, 0.25) is 11.1 Å². The van der Waals surface area contributed by atoms with E-state index in [1.165, 1.54) is 39.7 Å². The van der Waals surface area contributed by atoms with Crippen LogP contribution in [0.3, 0.4) is 0 Å². The lowest BCUT2D eigenvalue weighted by atomic mass is 10.0. The number of nitrogens with zero attached hydrogens (tertiary/aromatic N) is 3. The lowest BCUT2D eigenvalue weighted by molar-refractivity contribution is -0.119. The smallest absolute Gasteiger partial charge is 0.230 e. The summed E-state index contributed by atoms with van der Waals surface area (Å²) < 4.78 is 14.7. The predicted molar refractivity (Wildman–Crippen MR) is 109 cm³/mol. The highest BCUT2D eigenvalue weighted by Gasteiger charge is 2.15. The summed E-state index contributed by atoms with van der Waals surface area (Å²) in [6, 6.07) is 12.0. The number of nitrogens with two attached hydrogens (primary N) is 1. The molecule has 0 fully saturated rings. The fourth-order valence-electron chi connectivity index (χ4n) is 2.73. The number of benzene rings is 2. The minimum absolute atomic E-state index is 0.106. The van der Waals surface area contributed by atoms with Gasteiger partial charge < -0.3 is 11.2 Å². The number of halogens is 1. The Balaban J connectivity index is 1.61. The molecule has 0 radical (unpaired) electrons. The van der Waals surface area contributed by atoms with Crippen molar-refractivity contribution in [1.29, 1.82) is 0 Å². The molecule has 0 aliphatic heterocycles. The first kappa shape index (κ1) is 19.9. The zero-order valence-electron chi connectivity index (χ0n) is 15.9. The minimum Gasteiger partial charge on any atom is -0.349 e. The van der Waals surface area contributed by atoms with Crippen molar-refractivity contribution in [1.82, 2.24) is 20.2 Å². The SMILES string of the molecule is Cc1ccc([C@H](C)NC(=O)CSc2nnc(-c3cccc(F)c3)n2N)cc1C. The molecule has 2 aromatic carbocycles. The fourth-order valence-corrected chi connectivity index (χ4v) is 3.40. The van der Waals surface area contributed by atoms with E-state index in [2.05, 4.69) is 28.5 Å². The monoisotopic (exact) mass is 399 g/mol. The normalized spacial score (nSPS) is 12.0. The van der Waals surface area contributed by atoms with E-state index < -0.39 is 0 Å². The maximum absolute atomic E-state index is 13.4. The summed E-state index contributed by atoms with van der Waals surface area (Å²) >= 11 is 1.18. The number of aromatic nitrogens is 3. The molecule has 28 heavy (non-hydrogen) atoms. The average molecular weight is 399 g/mol. The van der Waals surface area contributed by atoms with Gasteiger partial charge in [0, 0.05) is 5.56 Å². The molecule has 0 saturated carbocycles. The third-order valence-corrected chi connectivity index (χ3v) is 5.43. The number of carbonyl (C=O) groups is 1. The summed E-state index contributed by atoms with van der Waals surface area (Å²) in [7, 11) is 0. The van der Waals surface area contributed by atoms with Crippen LogP contribution in [0.5, 0.6) is 0 Å². The molecule has 1 amide bonds. The molecule has 0 aliphatic rings. The van der Waals surface area contributed by atoms with Crippen molar-refractivity contribution in [3.8, 4) is 11.4 Å². The summed E-state index contributed by atoms with van der Waals surface area (Å²) in [5, 5.41) is 11.4. The van der Waals surface area contributed by atoms with Crippen LogP contribution in [0.4, 0.5) is 4.39 Å². The number of hydrogen-bond donors (Lipinski definition) is 2. The molecule has 1 heterocycles. The van der Waals surface area contributed by atoms with Crippen LogP contribution in [0.1, 0.15) is 29.7 Å². The van der Waals surface area contributed by atoms with Crippen molar-refractivity contribution in [3.05, 3.63) is 65.0 Å². The van der Waals surface area contributed by atoms with Gasteiger partial charge in [0.15, 0.2) is 5.82 Å². The second-order valence-electron chi connectivity index (χ2n) is 6.61. The van der Waals surface area contributed by atoms with Crippen molar-refractivity contribution in [2.75, 3.05) is 11.6 Å². The van der Waals surface area contributed by atoms with Gasteiger partial charge in [0.25, 0.3) is 0 Å². The Morgan fingerprint density at radius 3 is 2.71 bits per heavy atom. The predicted octanol–water partition coefficient (Wildman–Crippen LogP) is 3.38. The standard InChI is InChI=1S/C20H22FN5OS/c1-12-7-8-15(9-13(12)2)14(3)23-18(27)11-28-20-25-24-19(26(20)22)16-5-4-6-17(21)10-16/h4-10,14H,11,22H2,1-3H3,(H,23,27)/t14-/m0/s1. The average Bonchev–Trinajstić information content (AvgIpc) is 3.02. The van der Waals surface area contributed by atoms with Crippen molar-refractivity contribution in [3.63, 3.8) is 0 Å². The van der Waals surface area contributed by atoms with Crippen LogP contribution in [0.25, 0.3) is 11.4 Å². The molecule has 0 saturated heterocycles. The Hall–Kier alpha value is -2.87. The molecule has 0 aliphatic carbocycles. The van der Waals surface area contributed by atoms with E-state index in [1.807, 2.05) is 26.0 Å². The highest BCUT2D eigenvalue weighted by Crippen LogP contribution is 2.22. The highest BCUT2D eigenvalue weighted by atomic mass is 32.2. The third-order valence-electron chi connectivity index (χ3n) is 4.49. The van der Waals surface area contributed by atoms with Crippen molar-refractivity contribution >= 4 is 17.7 Å². The molecule has 0 unspecified atom stereocenters. The molecule has 8 heteroatoms. The maximum Gasteiger partial charge on any atom is 0.230 e. The molecular weight excluding hydrogens is 377 g/mol. The van der Waals surface area contributed by atoms with Crippen LogP contribution in [0.2, 0.25) is 0 Å². The number of hydrogen-bond acceptors (Lipinski definition) is 5. The van der Waals surface area contributed by atoms with Crippen molar-refractivity contribution in [2.45, 2.75) is 32.0 Å². The number of aryl methyl sites for hydroxylation is 2. The third kappa shape index (κ3) is 4.51. The van der Waals surface area contributed by atoms with E-state index in [1.54, 1.807) is 12.1 Å². The van der Waals surface area contributed by atoms with Crippen LogP contribution in [-0.2, 0) is 4.79 Å². The van der Waals surface area contributed by atoms with E-state index in [-0.39, 0.29) is 23.5 Å². The van der Waals surface area contributed by atoms with Crippen LogP contribution < -0.4 is 11.2 Å². The Kier molecular flexibility index (Phi) is 5.99. The largest absolute Gasteiger partial charge is 0.349 e. The first-order valence-electron chi connectivity index (χ1n) is 8.81. The van der Waals surface area contributed by atoms with Gasteiger partial charge in [-0.2, -0.15) is 0 Å². The molecule has 146 valence electrons. The Morgan fingerprint density at radius 1 is 1.21 bits per heavy atom. The van der Waals surface area contributed by atoms with Gasteiger partial charge >= 0.3 is 0 Å². The van der Waals surface area contributed by atoms with E-state index in [0.29, 0.717) is 16.5 Å². The molecule has 3 rings (SSSR count). The molecule has 6 nitrogen and oxygen atoms in total. The lowest BCUT2D eigenvalue weighted by Gasteiger charge is -2.15. The Bertz CT molecular complexity index is 1000.